The van der Waals surface area contributed by atoms with Gasteiger partial charge in [-0.3, -0.25) is 9.59 Å². The first-order valence-electron chi connectivity index (χ1n) is 9.61. The van der Waals surface area contributed by atoms with E-state index in [2.05, 4.69) is 5.32 Å². The van der Waals surface area contributed by atoms with E-state index < -0.39 is 12.0 Å². The molecule has 27 heavy (non-hydrogen) atoms. The van der Waals surface area contributed by atoms with Crippen LogP contribution in [0.2, 0.25) is 4.34 Å². The lowest BCUT2D eigenvalue weighted by atomic mass is 9.49. The molecule has 1 aromatic heterocycles. The maximum atomic E-state index is 13.0. The third-order valence-electron chi connectivity index (χ3n) is 6.41. The summed E-state index contributed by atoms with van der Waals surface area (Å²) in [5, 5.41) is 2.86. The number of amides is 1. The second-order valence-corrected chi connectivity index (χ2v) is 10.2. The van der Waals surface area contributed by atoms with E-state index in [1.807, 2.05) is 0 Å². The van der Waals surface area contributed by atoms with Crippen molar-refractivity contribution >= 4 is 40.6 Å². The van der Waals surface area contributed by atoms with Gasteiger partial charge in [0, 0.05) is 5.41 Å². The molecule has 146 valence electrons. The summed E-state index contributed by atoms with van der Waals surface area (Å²) in [6.45, 7) is 1.28. The van der Waals surface area contributed by atoms with E-state index in [1.165, 1.54) is 19.3 Å². The van der Waals surface area contributed by atoms with Crippen LogP contribution in [-0.2, 0) is 14.3 Å². The van der Waals surface area contributed by atoms with Crippen LogP contribution in [-0.4, -0.2) is 30.3 Å². The molecule has 0 radical (unpaired) electrons. The van der Waals surface area contributed by atoms with Gasteiger partial charge in [0.15, 0.2) is 6.61 Å². The highest BCUT2D eigenvalue weighted by Crippen LogP contribution is 2.60. The lowest BCUT2D eigenvalue weighted by Crippen LogP contribution is -2.56. The molecule has 0 saturated heterocycles. The van der Waals surface area contributed by atoms with E-state index >= 15 is 0 Å². The van der Waals surface area contributed by atoms with Crippen LogP contribution in [0.1, 0.15) is 55.1 Å². The minimum Gasteiger partial charge on any atom is -0.456 e. The predicted molar refractivity (Wildman–Crippen MR) is 103 cm³/mol. The lowest BCUT2D eigenvalue weighted by Gasteiger charge is -2.55. The van der Waals surface area contributed by atoms with Crippen molar-refractivity contribution in [3.63, 3.8) is 0 Å². The van der Waals surface area contributed by atoms with Gasteiger partial charge in [0.05, 0.1) is 9.21 Å². The Bertz CT molecular complexity index is 739. The fourth-order valence-electron chi connectivity index (χ4n) is 5.59. The first kappa shape index (κ1) is 18.9. The Labute approximate surface area is 167 Å². The first-order valence-corrected chi connectivity index (χ1v) is 10.8. The fourth-order valence-corrected chi connectivity index (χ4v) is 6.56. The van der Waals surface area contributed by atoms with Gasteiger partial charge in [-0.15, -0.1) is 11.3 Å². The Kier molecular flexibility index (Phi) is 5.06. The molecule has 0 aliphatic heterocycles. The third-order valence-corrected chi connectivity index (χ3v) is 7.69. The molecule has 1 N–H and O–H groups in total. The molecule has 4 aliphatic rings. The summed E-state index contributed by atoms with van der Waals surface area (Å²) in [5.41, 5.74) is -0.299. The molecule has 7 heteroatoms. The van der Waals surface area contributed by atoms with E-state index in [0.29, 0.717) is 27.0 Å². The normalized spacial score (nSPS) is 32.1. The Morgan fingerprint density at radius 2 is 1.78 bits per heavy atom. The maximum Gasteiger partial charge on any atom is 0.328 e. The van der Waals surface area contributed by atoms with E-state index in [0.717, 1.165) is 30.6 Å². The number of nitrogens with one attached hydrogen (secondary N) is 1. The van der Waals surface area contributed by atoms with Crippen molar-refractivity contribution in [3.05, 3.63) is 21.3 Å². The van der Waals surface area contributed by atoms with Gasteiger partial charge in [-0.1, -0.05) is 11.6 Å². The smallest absolute Gasteiger partial charge is 0.328 e. The van der Waals surface area contributed by atoms with Crippen LogP contribution < -0.4 is 5.32 Å². The molecule has 0 aromatic carbocycles. The van der Waals surface area contributed by atoms with Crippen molar-refractivity contribution in [1.82, 2.24) is 5.32 Å². The van der Waals surface area contributed by atoms with Gasteiger partial charge in [0.1, 0.15) is 6.04 Å². The summed E-state index contributed by atoms with van der Waals surface area (Å²) >= 11 is 6.97. The van der Waals surface area contributed by atoms with E-state index in [-0.39, 0.29) is 23.7 Å². The van der Waals surface area contributed by atoms with Gasteiger partial charge in [-0.2, -0.15) is 0 Å². The number of ketones is 1. The number of carbonyl (C=O) groups excluding carboxylic acids is 3. The van der Waals surface area contributed by atoms with Gasteiger partial charge in [-0.25, -0.2) is 4.79 Å². The number of halogens is 1. The average molecular weight is 410 g/mol. The summed E-state index contributed by atoms with van der Waals surface area (Å²) in [6.07, 6.45) is 6.63. The highest BCUT2D eigenvalue weighted by atomic mass is 35.5. The number of esters is 1. The van der Waals surface area contributed by atoms with Gasteiger partial charge in [-0.05, 0) is 75.3 Å². The van der Waals surface area contributed by atoms with Crippen LogP contribution in [0, 0.1) is 23.2 Å². The van der Waals surface area contributed by atoms with Crippen molar-refractivity contribution in [2.45, 2.75) is 51.5 Å². The summed E-state index contributed by atoms with van der Waals surface area (Å²) < 4.78 is 5.62. The Balaban J connectivity index is 1.30. The standard InChI is InChI=1S/C20H24ClNO4S/c1-11(18(24)26-10-15(23)16-2-3-17(21)27-16)22-19(25)20-7-12-4-13(8-20)6-14(5-12)9-20/h2-3,11-14H,4-10H2,1H3,(H,22,25)/t11-,12?,13?,14?,20?/m0/s1. The molecule has 1 heterocycles. The molecule has 0 spiro atoms. The molecular weight excluding hydrogens is 386 g/mol. The van der Waals surface area contributed by atoms with Crippen LogP contribution in [0.25, 0.3) is 0 Å². The summed E-state index contributed by atoms with van der Waals surface area (Å²) in [6, 6.07) is 2.49. The highest BCUT2D eigenvalue weighted by molar-refractivity contribution is 7.18. The molecule has 4 aliphatic carbocycles. The summed E-state index contributed by atoms with van der Waals surface area (Å²) in [7, 11) is 0. The molecule has 1 amide bonds. The number of Topliss-reactive ketones (excluding diaryl/α,β-unsaturated/α-hetero) is 1. The molecule has 5 rings (SSSR count). The number of ether oxygens (including phenoxy) is 1. The van der Waals surface area contributed by atoms with Gasteiger partial charge < -0.3 is 10.1 Å². The molecule has 0 unspecified atom stereocenters. The summed E-state index contributed by atoms with van der Waals surface area (Å²) in [4.78, 5) is 37.7. The zero-order valence-corrected chi connectivity index (χ0v) is 16.9. The molecule has 4 fully saturated rings. The number of rotatable bonds is 6. The van der Waals surface area contributed by atoms with E-state index in [4.69, 9.17) is 16.3 Å². The minimum atomic E-state index is -0.759. The van der Waals surface area contributed by atoms with E-state index in [9.17, 15) is 14.4 Å². The van der Waals surface area contributed by atoms with Crippen molar-refractivity contribution in [1.29, 1.82) is 0 Å². The average Bonchev–Trinajstić information content (AvgIpc) is 3.04. The van der Waals surface area contributed by atoms with Crippen molar-refractivity contribution < 1.29 is 19.1 Å². The molecule has 4 saturated carbocycles. The predicted octanol–water partition coefficient (Wildman–Crippen LogP) is 3.85. The van der Waals surface area contributed by atoms with E-state index in [1.54, 1.807) is 19.1 Å². The number of hydrogen-bond acceptors (Lipinski definition) is 5. The monoisotopic (exact) mass is 409 g/mol. The Hall–Kier alpha value is -1.40. The largest absolute Gasteiger partial charge is 0.456 e. The first-order chi connectivity index (χ1) is 12.8. The molecule has 4 bridgehead atoms. The van der Waals surface area contributed by atoms with Crippen LogP contribution in [0.5, 0.6) is 0 Å². The fraction of sp³-hybridized carbons (Fsp3) is 0.650. The zero-order valence-electron chi connectivity index (χ0n) is 15.3. The van der Waals surface area contributed by atoms with Crippen LogP contribution in [0.3, 0.4) is 0 Å². The van der Waals surface area contributed by atoms with Crippen molar-refractivity contribution in [3.8, 4) is 0 Å². The maximum absolute atomic E-state index is 13.0. The number of thiophene rings is 1. The topological polar surface area (TPSA) is 72.5 Å². The van der Waals surface area contributed by atoms with Gasteiger partial charge >= 0.3 is 5.97 Å². The SMILES string of the molecule is C[C@H](NC(=O)C12CC3CC(CC(C3)C1)C2)C(=O)OCC(=O)c1ccc(Cl)s1. The second kappa shape index (κ2) is 7.21. The zero-order chi connectivity index (χ0) is 19.2. The second-order valence-electron chi connectivity index (χ2n) is 8.53. The van der Waals surface area contributed by atoms with Crippen LogP contribution in [0.4, 0.5) is 0 Å². The van der Waals surface area contributed by atoms with Crippen molar-refractivity contribution in [2.24, 2.45) is 23.2 Å². The Morgan fingerprint density at radius 1 is 1.19 bits per heavy atom. The minimum absolute atomic E-state index is 0.0117. The van der Waals surface area contributed by atoms with Crippen LogP contribution in [0.15, 0.2) is 12.1 Å². The number of carbonyl (C=O) groups is 3. The van der Waals surface area contributed by atoms with Gasteiger partial charge in [0.25, 0.3) is 0 Å². The van der Waals surface area contributed by atoms with Crippen molar-refractivity contribution in [2.75, 3.05) is 6.61 Å². The van der Waals surface area contributed by atoms with Gasteiger partial charge in [0.2, 0.25) is 11.7 Å². The molecule has 5 nitrogen and oxygen atoms in total. The summed E-state index contributed by atoms with van der Waals surface area (Å²) in [5.74, 6) is 1.12. The highest BCUT2D eigenvalue weighted by Gasteiger charge is 2.54. The Morgan fingerprint density at radius 3 is 2.30 bits per heavy atom. The number of hydrogen-bond donors (Lipinski definition) is 1. The third kappa shape index (κ3) is 3.79. The molecule has 1 atom stereocenters. The molecule has 1 aromatic rings. The lowest BCUT2D eigenvalue weighted by molar-refractivity contribution is -0.153. The quantitative estimate of drug-likeness (QED) is 0.572. The molecular formula is C20H24ClNO4S. The van der Waals surface area contributed by atoms with Crippen LogP contribution >= 0.6 is 22.9 Å².